The largest absolute Gasteiger partial charge is 0.386 e. The van der Waals surface area contributed by atoms with E-state index in [-0.39, 0.29) is 0 Å². The van der Waals surface area contributed by atoms with Crippen LogP contribution < -0.4 is 0 Å². The van der Waals surface area contributed by atoms with E-state index < -0.39 is 12.8 Å². The van der Waals surface area contributed by atoms with Crippen LogP contribution in [0, 0.1) is 0 Å². The summed E-state index contributed by atoms with van der Waals surface area (Å²) in [5, 5.41) is 9.20. The van der Waals surface area contributed by atoms with Gasteiger partial charge in [0.25, 0.3) is 0 Å². The highest BCUT2D eigenvalue weighted by Gasteiger charge is 2.23. The van der Waals surface area contributed by atoms with Crippen molar-refractivity contribution in [1.29, 1.82) is 0 Å². The number of aliphatic hydroxyl groups excluding tert-OH is 1. The molecule has 1 aromatic rings. The van der Waals surface area contributed by atoms with Gasteiger partial charge >= 0.3 is 0 Å². The predicted octanol–water partition coefficient (Wildman–Crippen LogP) is 2.57. The Balaban J connectivity index is 2.12. The van der Waals surface area contributed by atoms with Crippen LogP contribution in [0.25, 0.3) is 0 Å². The zero-order valence-corrected chi connectivity index (χ0v) is 7.41. The van der Waals surface area contributed by atoms with Crippen molar-refractivity contribution in [2.24, 2.45) is 0 Å². The van der Waals surface area contributed by atoms with Gasteiger partial charge in [-0.1, -0.05) is 24.3 Å². The molecule has 0 spiro atoms. The third-order valence-electron chi connectivity index (χ3n) is 2.52. The highest BCUT2D eigenvalue weighted by Crippen LogP contribution is 2.40. The number of rotatable bonds is 3. The SMILES string of the molecule is OC(CF)c1ccc(C2CC2)cc1. The number of alkyl halides is 1. The van der Waals surface area contributed by atoms with E-state index in [1.807, 2.05) is 24.3 Å². The molecule has 1 nitrogen and oxygen atoms in total. The van der Waals surface area contributed by atoms with Crippen LogP contribution in [0.2, 0.25) is 0 Å². The number of benzene rings is 1. The summed E-state index contributed by atoms with van der Waals surface area (Å²) in [4.78, 5) is 0. The van der Waals surface area contributed by atoms with Crippen LogP contribution in [0.1, 0.15) is 36.0 Å². The molecule has 0 aromatic heterocycles. The van der Waals surface area contributed by atoms with E-state index in [9.17, 15) is 9.50 Å². The standard InChI is InChI=1S/C11H13FO/c12-7-11(13)10-5-3-9(4-6-10)8-1-2-8/h3-6,8,11,13H,1-2,7H2. The lowest BCUT2D eigenvalue weighted by Crippen LogP contribution is -1.98. The van der Waals surface area contributed by atoms with E-state index in [0.717, 1.165) is 5.92 Å². The summed E-state index contributed by atoms with van der Waals surface area (Å²) in [7, 11) is 0. The van der Waals surface area contributed by atoms with Gasteiger partial charge in [0.1, 0.15) is 12.8 Å². The van der Waals surface area contributed by atoms with Gasteiger partial charge in [0.2, 0.25) is 0 Å². The van der Waals surface area contributed by atoms with Crippen LogP contribution in [0.5, 0.6) is 0 Å². The van der Waals surface area contributed by atoms with Crippen LogP contribution in [0.4, 0.5) is 4.39 Å². The Hall–Kier alpha value is -0.890. The van der Waals surface area contributed by atoms with E-state index in [2.05, 4.69) is 0 Å². The van der Waals surface area contributed by atoms with Gasteiger partial charge in [-0.25, -0.2) is 4.39 Å². The second-order valence-electron chi connectivity index (χ2n) is 3.61. The zero-order valence-electron chi connectivity index (χ0n) is 7.41. The van der Waals surface area contributed by atoms with Gasteiger partial charge < -0.3 is 5.11 Å². The molecule has 2 rings (SSSR count). The molecule has 1 aromatic carbocycles. The smallest absolute Gasteiger partial charge is 0.119 e. The van der Waals surface area contributed by atoms with Crippen LogP contribution in [0.15, 0.2) is 24.3 Å². The summed E-state index contributed by atoms with van der Waals surface area (Å²) < 4.78 is 12.1. The van der Waals surface area contributed by atoms with Gasteiger partial charge in [0, 0.05) is 0 Å². The third kappa shape index (κ3) is 1.89. The molecule has 70 valence electrons. The van der Waals surface area contributed by atoms with Gasteiger partial charge in [-0.05, 0) is 29.9 Å². The molecule has 0 bridgehead atoms. The molecule has 0 amide bonds. The predicted molar refractivity (Wildman–Crippen MR) is 49.4 cm³/mol. The molecule has 0 saturated heterocycles. The molecule has 0 heterocycles. The number of halogens is 1. The minimum Gasteiger partial charge on any atom is -0.386 e. The van der Waals surface area contributed by atoms with E-state index in [0.29, 0.717) is 5.56 Å². The summed E-state index contributed by atoms with van der Waals surface area (Å²) in [6.07, 6.45) is 1.59. The average Bonchev–Trinajstić information content (AvgIpc) is 3.00. The van der Waals surface area contributed by atoms with E-state index in [1.54, 1.807) is 0 Å². The number of aliphatic hydroxyl groups is 1. The molecule has 1 aliphatic carbocycles. The Labute approximate surface area is 77.2 Å². The lowest BCUT2D eigenvalue weighted by atomic mass is 10.1. The number of hydrogen-bond donors (Lipinski definition) is 1. The van der Waals surface area contributed by atoms with Crippen molar-refractivity contribution in [3.8, 4) is 0 Å². The molecular weight excluding hydrogens is 167 g/mol. The molecular formula is C11H13FO. The minimum absolute atomic E-state index is 0.673. The quantitative estimate of drug-likeness (QED) is 0.758. The maximum absolute atomic E-state index is 12.1. The van der Waals surface area contributed by atoms with E-state index in [4.69, 9.17) is 0 Å². The van der Waals surface area contributed by atoms with Gasteiger partial charge in [0.15, 0.2) is 0 Å². The second kappa shape index (κ2) is 3.46. The molecule has 1 saturated carbocycles. The first-order valence-electron chi connectivity index (χ1n) is 4.65. The Morgan fingerprint density at radius 2 is 1.92 bits per heavy atom. The molecule has 0 radical (unpaired) electrons. The van der Waals surface area contributed by atoms with Crippen molar-refractivity contribution >= 4 is 0 Å². The summed E-state index contributed by atoms with van der Waals surface area (Å²) in [6.45, 7) is -0.706. The van der Waals surface area contributed by atoms with Gasteiger partial charge in [-0.2, -0.15) is 0 Å². The summed E-state index contributed by atoms with van der Waals surface area (Å²) >= 11 is 0. The lowest BCUT2D eigenvalue weighted by Gasteiger charge is -2.06. The fraction of sp³-hybridized carbons (Fsp3) is 0.455. The van der Waals surface area contributed by atoms with Gasteiger partial charge in [-0.3, -0.25) is 0 Å². The fourth-order valence-electron chi connectivity index (χ4n) is 1.50. The fourth-order valence-corrected chi connectivity index (χ4v) is 1.50. The Morgan fingerprint density at radius 1 is 1.31 bits per heavy atom. The van der Waals surface area contributed by atoms with Crippen LogP contribution >= 0.6 is 0 Å². The second-order valence-corrected chi connectivity index (χ2v) is 3.61. The molecule has 1 fully saturated rings. The van der Waals surface area contributed by atoms with Gasteiger partial charge in [0.05, 0.1) is 0 Å². The highest BCUT2D eigenvalue weighted by atomic mass is 19.1. The first-order chi connectivity index (χ1) is 6.31. The van der Waals surface area contributed by atoms with Crippen molar-refractivity contribution < 1.29 is 9.50 Å². The van der Waals surface area contributed by atoms with Gasteiger partial charge in [-0.15, -0.1) is 0 Å². The maximum atomic E-state index is 12.1. The van der Waals surface area contributed by atoms with Crippen LogP contribution in [-0.4, -0.2) is 11.8 Å². The zero-order chi connectivity index (χ0) is 9.26. The Bertz CT molecular complexity index is 277. The molecule has 1 aliphatic rings. The molecule has 1 unspecified atom stereocenters. The summed E-state index contributed by atoms with van der Waals surface area (Å²) in [5.41, 5.74) is 1.99. The first-order valence-corrected chi connectivity index (χ1v) is 4.65. The van der Waals surface area contributed by atoms with E-state index >= 15 is 0 Å². The highest BCUT2D eigenvalue weighted by molar-refractivity contribution is 5.29. The van der Waals surface area contributed by atoms with Crippen molar-refractivity contribution in [2.45, 2.75) is 24.9 Å². The molecule has 1 N–H and O–H groups in total. The Morgan fingerprint density at radius 3 is 2.38 bits per heavy atom. The monoisotopic (exact) mass is 180 g/mol. The van der Waals surface area contributed by atoms with Crippen LogP contribution in [0.3, 0.4) is 0 Å². The topological polar surface area (TPSA) is 20.2 Å². The third-order valence-corrected chi connectivity index (χ3v) is 2.52. The maximum Gasteiger partial charge on any atom is 0.119 e. The molecule has 1 atom stereocenters. The molecule has 2 heteroatoms. The summed E-state index contributed by atoms with van der Waals surface area (Å²) in [6, 6.07) is 7.62. The summed E-state index contributed by atoms with van der Waals surface area (Å²) in [5.74, 6) is 0.719. The lowest BCUT2D eigenvalue weighted by molar-refractivity contribution is 0.142. The van der Waals surface area contributed by atoms with Crippen molar-refractivity contribution in [3.63, 3.8) is 0 Å². The van der Waals surface area contributed by atoms with Crippen molar-refractivity contribution in [2.75, 3.05) is 6.67 Å². The number of hydrogen-bond acceptors (Lipinski definition) is 1. The van der Waals surface area contributed by atoms with Crippen LogP contribution in [-0.2, 0) is 0 Å². The first kappa shape index (κ1) is 8.70. The van der Waals surface area contributed by atoms with Crippen molar-refractivity contribution in [1.82, 2.24) is 0 Å². The molecule has 0 aliphatic heterocycles. The molecule has 13 heavy (non-hydrogen) atoms. The minimum atomic E-state index is -0.951. The normalized spacial score (nSPS) is 18.6. The Kier molecular flexibility index (Phi) is 2.32. The average molecular weight is 180 g/mol. The van der Waals surface area contributed by atoms with E-state index in [1.165, 1.54) is 18.4 Å². The van der Waals surface area contributed by atoms with Crippen molar-refractivity contribution in [3.05, 3.63) is 35.4 Å².